The van der Waals surface area contributed by atoms with Crippen LogP contribution in [0.4, 0.5) is 20.4 Å². The number of carbonyl (C=O) groups is 3. The van der Waals surface area contributed by atoms with Crippen LogP contribution in [-0.4, -0.2) is 57.2 Å². The van der Waals surface area contributed by atoms with E-state index in [9.17, 15) is 23.2 Å². The third-order valence-electron chi connectivity index (χ3n) is 6.94. The number of nitriles is 1. The fourth-order valence-electron chi connectivity index (χ4n) is 5.00. The standard InChI is InChI=1S/C27H22Cl2F2N6O3/c1-15(23(39)35-13-27(30,31)14-35)34-22(38)21-12-33-25-36(20-8-18(28)7-19(29)9-20)24(40)26(2,37(21)25)10-16-3-5-17(11-32)6-4-16/h3-9,12,15H,10,13-14H2,1-2H3,(H,34,38)/t15-,26-/m1/s1. The zero-order chi connectivity index (χ0) is 29.0. The van der Waals surface area contributed by atoms with Crippen LogP contribution < -0.4 is 10.2 Å². The monoisotopic (exact) mass is 586 g/mol. The molecule has 3 aromatic rings. The van der Waals surface area contributed by atoms with Crippen molar-refractivity contribution in [1.82, 2.24) is 19.8 Å². The normalized spacial score (nSPS) is 20.0. The van der Waals surface area contributed by atoms with Crippen molar-refractivity contribution in [1.29, 1.82) is 5.26 Å². The summed E-state index contributed by atoms with van der Waals surface area (Å²) in [6.07, 6.45) is 1.41. The summed E-state index contributed by atoms with van der Waals surface area (Å²) in [5.41, 5.74) is 0.127. The number of carbonyl (C=O) groups excluding carboxylic acids is 3. The number of benzene rings is 2. The molecule has 0 saturated carbocycles. The fraction of sp³-hybridized carbons (Fsp3) is 0.296. The first-order valence-electron chi connectivity index (χ1n) is 12.2. The van der Waals surface area contributed by atoms with E-state index in [4.69, 9.17) is 28.5 Å². The lowest BCUT2D eigenvalue weighted by Crippen LogP contribution is -2.62. The van der Waals surface area contributed by atoms with Gasteiger partial charge in [-0.2, -0.15) is 5.26 Å². The summed E-state index contributed by atoms with van der Waals surface area (Å²) < 4.78 is 28.0. The maximum Gasteiger partial charge on any atom is 0.282 e. The SMILES string of the molecule is C[C@@H](NC(=O)c1cnc2n1[C@](C)(Cc1ccc(C#N)cc1)C(=O)N2c1cc(Cl)cc(Cl)c1)C(=O)N1CC(F)(F)C1. The first kappa shape index (κ1) is 27.6. The molecule has 2 aromatic carbocycles. The molecule has 1 fully saturated rings. The number of fused-ring (bicyclic) bond motifs is 1. The summed E-state index contributed by atoms with van der Waals surface area (Å²) >= 11 is 12.4. The number of hydrogen-bond acceptors (Lipinski definition) is 5. The quantitative estimate of drug-likeness (QED) is 0.463. The van der Waals surface area contributed by atoms with Gasteiger partial charge in [-0.3, -0.25) is 19.0 Å². The van der Waals surface area contributed by atoms with Gasteiger partial charge in [-0.05, 0) is 49.7 Å². The van der Waals surface area contributed by atoms with Crippen LogP contribution in [0.15, 0.2) is 48.7 Å². The van der Waals surface area contributed by atoms with Crippen LogP contribution in [0.2, 0.25) is 10.0 Å². The lowest BCUT2D eigenvalue weighted by molar-refractivity contribution is -0.167. The number of imidazole rings is 1. The van der Waals surface area contributed by atoms with Crippen LogP contribution in [0.1, 0.15) is 35.5 Å². The van der Waals surface area contributed by atoms with E-state index >= 15 is 0 Å². The van der Waals surface area contributed by atoms with Gasteiger partial charge in [0.25, 0.3) is 17.7 Å². The van der Waals surface area contributed by atoms with Gasteiger partial charge >= 0.3 is 0 Å². The van der Waals surface area contributed by atoms with Crippen molar-refractivity contribution in [3.05, 3.63) is 75.5 Å². The van der Waals surface area contributed by atoms with Crippen molar-refractivity contribution < 1.29 is 23.2 Å². The average molecular weight is 587 g/mol. The highest BCUT2D eigenvalue weighted by Crippen LogP contribution is 2.43. The van der Waals surface area contributed by atoms with Crippen LogP contribution in [0.3, 0.4) is 0 Å². The van der Waals surface area contributed by atoms with Crippen LogP contribution in [-0.2, 0) is 21.5 Å². The Kier molecular flexibility index (Phi) is 6.80. The van der Waals surface area contributed by atoms with Gasteiger partial charge in [0.15, 0.2) is 0 Å². The summed E-state index contributed by atoms with van der Waals surface area (Å²) in [6, 6.07) is 12.2. The van der Waals surface area contributed by atoms with E-state index in [1.54, 1.807) is 43.3 Å². The molecule has 2 aliphatic rings. The molecule has 3 heterocycles. The number of nitrogens with one attached hydrogen (secondary N) is 1. The van der Waals surface area contributed by atoms with E-state index in [-0.39, 0.29) is 28.1 Å². The van der Waals surface area contributed by atoms with Crippen LogP contribution in [0, 0.1) is 11.3 Å². The number of halogens is 4. The molecule has 3 amide bonds. The molecule has 9 nitrogen and oxygen atoms in total. The van der Waals surface area contributed by atoms with E-state index < -0.39 is 48.3 Å². The van der Waals surface area contributed by atoms with Gasteiger partial charge in [0.2, 0.25) is 11.9 Å². The second-order valence-corrected chi connectivity index (χ2v) is 10.9. The smallest absolute Gasteiger partial charge is 0.282 e. The second-order valence-electron chi connectivity index (χ2n) is 10.1. The molecule has 2 aliphatic heterocycles. The Morgan fingerprint density at radius 1 is 1.15 bits per heavy atom. The molecule has 2 atom stereocenters. The van der Waals surface area contributed by atoms with Crippen molar-refractivity contribution in [2.45, 2.75) is 37.8 Å². The van der Waals surface area contributed by atoms with Gasteiger partial charge in [-0.1, -0.05) is 35.3 Å². The molecule has 1 aromatic heterocycles. The zero-order valence-corrected chi connectivity index (χ0v) is 22.8. The number of anilines is 2. The number of alkyl halides is 2. The topological polar surface area (TPSA) is 111 Å². The molecule has 13 heteroatoms. The van der Waals surface area contributed by atoms with E-state index in [2.05, 4.69) is 10.3 Å². The second kappa shape index (κ2) is 9.87. The van der Waals surface area contributed by atoms with Gasteiger partial charge < -0.3 is 10.2 Å². The molecule has 206 valence electrons. The first-order chi connectivity index (χ1) is 18.8. The minimum Gasteiger partial charge on any atom is -0.339 e. The third kappa shape index (κ3) is 4.78. The highest BCUT2D eigenvalue weighted by molar-refractivity contribution is 6.35. The fourth-order valence-corrected chi connectivity index (χ4v) is 5.51. The number of hydrogen-bond donors (Lipinski definition) is 1. The Labute approximate surface area is 237 Å². The number of amides is 3. The van der Waals surface area contributed by atoms with E-state index in [0.29, 0.717) is 16.8 Å². The Morgan fingerprint density at radius 2 is 1.77 bits per heavy atom. The number of rotatable bonds is 6. The van der Waals surface area contributed by atoms with Gasteiger partial charge in [0, 0.05) is 16.5 Å². The van der Waals surface area contributed by atoms with E-state index in [1.165, 1.54) is 28.7 Å². The number of aromatic nitrogens is 2. The number of likely N-dealkylation sites (tertiary alicyclic amines) is 1. The van der Waals surface area contributed by atoms with Gasteiger partial charge in [-0.15, -0.1) is 0 Å². The summed E-state index contributed by atoms with van der Waals surface area (Å²) in [4.78, 5) is 46.7. The van der Waals surface area contributed by atoms with Crippen molar-refractivity contribution in [2.75, 3.05) is 18.0 Å². The maximum atomic E-state index is 14.1. The lowest BCUT2D eigenvalue weighted by Gasteiger charge is -2.40. The molecule has 5 rings (SSSR count). The predicted molar refractivity (Wildman–Crippen MR) is 143 cm³/mol. The number of nitrogens with zero attached hydrogens (tertiary/aromatic N) is 5. The van der Waals surface area contributed by atoms with Crippen molar-refractivity contribution in [2.24, 2.45) is 0 Å². The predicted octanol–water partition coefficient (Wildman–Crippen LogP) is 4.29. The van der Waals surface area contributed by atoms with Crippen molar-refractivity contribution in [3.63, 3.8) is 0 Å². The summed E-state index contributed by atoms with van der Waals surface area (Å²) in [5, 5.41) is 12.3. The zero-order valence-electron chi connectivity index (χ0n) is 21.3. The Morgan fingerprint density at radius 3 is 2.35 bits per heavy atom. The van der Waals surface area contributed by atoms with Crippen molar-refractivity contribution in [3.8, 4) is 6.07 Å². The largest absolute Gasteiger partial charge is 0.339 e. The lowest BCUT2D eigenvalue weighted by atomic mass is 9.91. The minimum absolute atomic E-state index is 0.0105. The molecule has 0 spiro atoms. The van der Waals surface area contributed by atoms with Crippen LogP contribution in [0.25, 0.3) is 0 Å². The van der Waals surface area contributed by atoms with E-state index in [1.807, 2.05) is 6.07 Å². The molecule has 0 aliphatic carbocycles. The molecule has 1 saturated heterocycles. The molecule has 40 heavy (non-hydrogen) atoms. The van der Waals surface area contributed by atoms with E-state index in [0.717, 1.165) is 4.90 Å². The highest BCUT2D eigenvalue weighted by Gasteiger charge is 2.51. The van der Waals surface area contributed by atoms with Crippen LogP contribution in [0.5, 0.6) is 0 Å². The molecule has 0 bridgehead atoms. The van der Waals surface area contributed by atoms with Crippen molar-refractivity contribution >= 4 is 52.6 Å². The van der Waals surface area contributed by atoms with Gasteiger partial charge in [0.1, 0.15) is 17.3 Å². The minimum atomic E-state index is -2.94. The molecular weight excluding hydrogens is 565 g/mol. The Balaban J connectivity index is 1.52. The molecular formula is C27H22Cl2F2N6O3. The Hall–Kier alpha value is -4.01. The van der Waals surface area contributed by atoms with Gasteiger partial charge in [0.05, 0.1) is 36.6 Å². The summed E-state index contributed by atoms with van der Waals surface area (Å²) in [6.45, 7) is 1.64. The summed E-state index contributed by atoms with van der Waals surface area (Å²) in [5.74, 6) is -4.58. The van der Waals surface area contributed by atoms with Gasteiger partial charge in [-0.25, -0.2) is 18.7 Å². The third-order valence-corrected chi connectivity index (χ3v) is 7.38. The molecule has 1 N–H and O–H groups in total. The first-order valence-corrected chi connectivity index (χ1v) is 12.9. The average Bonchev–Trinajstić information content (AvgIpc) is 3.40. The molecule has 0 radical (unpaired) electrons. The Bertz CT molecular complexity index is 1560. The van der Waals surface area contributed by atoms with Crippen LogP contribution >= 0.6 is 23.2 Å². The maximum absolute atomic E-state index is 14.1. The molecule has 0 unspecified atom stereocenters. The highest BCUT2D eigenvalue weighted by atomic mass is 35.5. The summed E-state index contributed by atoms with van der Waals surface area (Å²) in [7, 11) is 0.